The summed E-state index contributed by atoms with van der Waals surface area (Å²) in [7, 11) is 0. The van der Waals surface area contributed by atoms with Gasteiger partial charge in [-0.3, -0.25) is 4.79 Å². The number of aliphatic hydroxyl groups excluding tert-OH is 2. The van der Waals surface area contributed by atoms with Crippen LogP contribution in [-0.4, -0.2) is 28.2 Å². The van der Waals surface area contributed by atoms with E-state index in [1.807, 2.05) is 13.8 Å². The van der Waals surface area contributed by atoms with E-state index in [1.54, 1.807) is 0 Å². The predicted octanol–water partition coefficient (Wildman–Crippen LogP) is 1.76. The molecule has 2 N–H and O–H groups in total. The number of fused-ring (bicyclic) bond motifs is 4. The Balaban J connectivity index is 2.12. The highest BCUT2D eigenvalue weighted by atomic mass is 16.3. The molecule has 0 heterocycles. The van der Waals surface area contributed by atoms with Gasteiger partial charge in [0, 0.05) is 0 Å². The second-order valence-electron chi connectivity index (χ2n) is 8.04. The van der Waals surface area contributed by atoms with Crippen molar-refractivity contribution in [2.24, 2.45) is 28.1 Å². The van der Waals surface area contributed by atoms with Gasteiger partial charge < -0.3 is 10.2 Å². The fourth-order valence-electron chi connectivity index (χ4n) is 5.21. The minimum absolute atomic E-state index is 0.0916. The quantitative estimate of drug-likeness (QED) is 0.690. The largest absolute Gasteiger partial charge is 0.392 e. The Morgan fingerprint density at radius 1 is 1.06 bits per heavy atom. The molecule has 3 aliphatic rings. The van der Waals surface area contributed by atoms with E-state index >= 15 is 0 Å². The van der Waals surface area contributed by atoms with E-state index in [4.69, 9.17) is 0 Å². The van der Waals surface area contributed by atoms with Crippen molar-refractivity contribution in [1.82, 2.24) is 0 Å². The van der Waals surface area contributed by atoms with Gasteiger partial charge in [-0.1, -0.05) is 20.8 Å². The van der Waals surface area contributed by atoms with Crippen molar-refractivity contribution >= 4 is 5.78 Å². The second-order valence-corrected chi connectivity index (χ2v) is 8.04. The van der Waals surface area contributed by atoms with E-state index in [1.165, 1.54) is 0 Å². The van der Waals surface area contributed by atoms with Crippen molar-refractivity contribution in [2.45, 2.75) is 59.2 Å². The maximum atomic E-state index is 12.7. The molecule has 3 rings (SSSR count). The van der Waals surface area contributed by atoms with Crippen molar-refractivity contribution in [2.75, 3.05) is 0 Å². The molecule has 102 valence electrons. The first-order valence-corrected chi connectivity index (χ1v) is 7.04. The first kappa shape index (κ1) is 12.6. The minimum atomic E-state index is -0.726. The predicted molar refractivity (Wildman–Crippen MR) is 67.8 cm³/mol. The van der Waals surface area contributed by atoms with Gasteiger partial charge in [0.25, 0.3) is 0 Å². The van der Waals surface area contributed by atoms with Crippen LogP contribution >= 0.6 is 0 Å². The summed E-state index contributed by atoms with van der Waals surface area (Å²) in [6.07, 6.45) is 1.15. The van der Waals surface area contributed by atoms with Crippen LogP contribution in [0.3, 0.4) is 0 Å². The molecule has 0 aromatic carbocycles. The highest BCUT2D eigenvalue weighted by Crippen LogP contribution is 2.66. The van der Waals surface area contributed by atoms with Crippen LogP contribution in [0, 0.1) is 28.1 Å². The van der Waals surface area contributed by atoms with Gasteiger partial charge in [0.05, 0.1) is 23.0 Å². The molecule has 0 radical (unpaired) electrons. The summed E-state index contributed by atoms with van der Waals surface area (Å²) in [6, 6.07) is 0. The number of rotatable bonds is 0. The van der Waals surface area contributed by atoms with Crippen LogP contribution < -0.4 is 0 Å². The van der Waals surface area contributed by atoms with Crippen molar-refractivity contribution in [3.05, 3.63) is 0 Å². The molecule has 0 amide bonds. The van der Waals surface area contributed by atoms with Crippen LogP contribution in [0.2, 0.25) is 0 Å². The maximum Gasteiger partial charge on any atom is 0.150 e. The molecule has 0 saturated heterocycles. The minimum Gasteiger partial charge on any atom is -0.392 e. The van der Waals surface area contributed by atoms with E-state index in [2.05, 4.69) is 13.8 Å². The number of carbonyl (C=O) groups is 1. The third-order valence-electron chi connectivity index (χ3n) is 6.22. The highest BCUT2D eigenvalue weighted by molar-refractivity contribution is 5.94. The summed E-state index contributed by atoms with van der Waals surface area (Å²) in [4.78, 5) is 12.7. The van der Waals surface area contributed by atoms with Crippen molar-refractivity contribution in [3.63, 3.8) is 0 Å². The Morgan fingerprint density at radius 2 is 1.67 bits per heavy atom. The van der Waals surface area contributed by atoms with Gasteiger partial charge >= 0.3 is 0 Å². The molecule has 3 nitrogen and oxygen atoms in total. The smallest absolute Gasteiger partial charge is 0.150 e. The molecule has 3 saturated carbocycles. The van der Waals surface area contributed by atoms with Gasteiger partial charge in [0.2, 0.25) is 0 Å². The first-order chi connectivity index (χ1) is 8.13. The van der Waals surface area contributed by atoms with Gasteiger partial charge in [-0.2, -0.15) is 0 Å². The maximum absolute atomic E-state index is 12.7. The lowest BCUT2D eigenvalue weighted by atomic mass is 9.58. The Bertz CT molecular complexity index is 416. The van der Waals surface area contributed by atoms with Crippen LogP contribution in [-0.2, 0) is 4.79 Å². The van der Waals surface area contributed by atoms with Gasteiger partial charge in [0.1, 0.15) is 5.78 Å². The zero-order valence-corrected chi connectivity index (χ0v) is 11.7. The normalized spacial score (nSPS) is 57.8. The Labute approximate surface area is 109 Å². The fourth-order valence-corrected chi connectivity index (χ4v) is 5.21. The number of hydrogen-bond acceptors (Lipinski definition) is 3. The van der Waals surface area contributed by atoms with Crippen LogP contribution in [0.15, 0.2) is 0 Å². The summed E-state index contributed by atoms with van der Waals surface area (Å²) in [5.74, 6) is 0.402. The molecule has 6 atom stereocenters. The standard InChI is InChI=1S/C15H24O3/c1-13(2)5-8-9(6-13)15(4)10(16)7-14(3,11(8)17)12(15)18/h8-11,16-17H,5-7H2,1-4H3. The van der Waals surface area contributed by atoms with Crippen molar-refractivity contribution in [1.29, 1.82) is 0 Å². The Morgan fingerprint density at radius 3 is 2.28 bits per heavy atom. The van der Waals surface area contributed by atoms with Crippen LogP contribution in [0.4, 0.5) is 0 Å². The van der Waals surface area contributed by atoms with Crippen LogP contribution in [0.1, 0.15) is 47.0 Å². The molecule has 0 aliphatic heterocycles. The van der Waals surface area contributed by atoms with Gasteiger partial charge in [0.15, 0.2) is 0 Å². The molecule has 18 heavy (non-hydrogen) atoms. The van der Waals surface area contributed by atoms with E-state index in [0.29, 0.717) is 6.42 Å². The molecule has 2 bridgehead atoms. The second kappa shape index (κ2) is 3.18. The molecule has 0 aromatic heterocycles. The third kappa shape index (κ3) is 1.20. The number of ketones is 1. The summed E-state index contributed by atoms with van der Waals surface area (Å²) < 4.78 is 0. The number of carbonyl (C=O) groups excluding carboxylic acids is 1. The lowest BCUT2D eigenvalue weighted by Crippen LogP contribution is -2.55. The summed E-state index contributed by atoms with van der Waals surface area (Å²) in [6.45, 7) is 8.18. The first-order valence-electron chi connectivity index (χ1n) is 7.04. The lowest BCUT2D eigenvalue weighted by Gasteiger charge is -2.46. The molecule has 0 aromatic rings. The molecule has 3 fully saturated rings. The fraction of sp³-hybridized carbons (Fsp3) is 0.933. The zero-order chi connectivity index (χ0) is 13.5. The van der Waals surface area contributed by atoms with E-state index in [0.717, 1.165) is 12.8 Å². The van der Waals surface area contributed by atoms with Crippen molar-refractivity contribution in [3.8, 4) is 0 Å². The zero-order valence-electron chi connectivity index (χ0n) is 11.7. The monoisotopic (exact) mass is 252 g/mol. The van der Waals surface area contributed by atoms with E-state index in [9.17, 15) is 15.0 Å². The average Bonchev–Trinajstić information content (AvgIpc) is 2.66. The van der Waals surface area contributed by atoms with Gasteiger partial charge in [-0.25, -0.2) is 0 Å². The molecule has 6 unspecified atom stereocenters. The Kier molecular flexibility index (Phi) is 2.23. The van der Waals surface area contributed by atoms with Gasteiger partial charge in [-0.15, -0.1) is 0 Å². The lowest BCUT2D eigenvalue weighted by molar-refractivity contribution is -0.157. The summed E-state index contributed by atoms with van der Waals surface area (Å²) >= 11 is 0. The van der Waals surface area contributed by atoms with Crippen LogP contribution in [0.25, 0.3) is 0 Å². The molecular weight excluding hydrogens is 228 g/mol. The summed E-state index contributed by atoms with van der Waals surface area (Å²) in [5, 5.41) is 21.0. The molecule has 3 heteroatoms. The van der Waals surface area contributed by atoms with Gasteiger partial charge in [-0.05, 0) is 43.4 Å². The molecule has 3 aliphatic carbocycles. The van der Waals surface area contributed by atoms with E-state index < -0.39 is 23.0 Å². The summed E-state index contributed by atoms with van der Waals surface area (Å²) in [5.41, 5.74) is -1.19. The van der Waals surface area contributed by atoms with Crippen LogP contribution in [0.5, 0.6) is 0 Å². The molecule has 0 spiro atoms. The number of hydrogen-bond donors (Lipinski definition) is 2. The third-order valence-corrected chi connectivity index (χ3v) is 6.22. The topological polar surface area (TPSA) is 57.5 Å². The highest BCUT2D eigenvalue weighted by Gasteiger charge is 2.71. The van der Waals surface area contributed by atoms with E-state index in [-0.39, 0.29) is 23.0 Å². The number of Topliss-reactive ketones (excluding diaryl/α,β-unsaturated/α-hetero) is 1. The Hall–Kier alpha value is -0.410. The SMILES string of the molecule is CC1(C)CC2C(O)C3(C)CC(O)C(C)(C3=O)C2C1. The molecular formula is C15H24O3. The average molecular weight is 252 g/mol. The number of aliphatic hydroxyl groups is 2. The van der Waals surface area contributed by atoms with Crippen molar-refractivity contribution < 1.29 is 15.0 Å².